The van der Waals surface area contributed by atoms with Gasteiger partial charge in [-0.15, -0.1) is 0 Å². The zero-order valence-corrected chi connectivity index (χ0v) is 12.9. The molecule has 1 aliphatic heterocycles. The molecular formula is C14H22BrN3. The topological polar surface area (TPSA) is 32.5 Å². The first-order valence-electron chi connectivity index (χ1n) is 6.49. The van der Waals surface area contributed by atoms with Crippen molar-refractivity contribution in [3.8, 4) is 0 Å². The molecule has 1 aliphatic rings. The molecule has 3 nitrogen and oxygen atoms in total. The molecule has 1 unspecified atom stereocenters. The van der Waals surface area contributed by atoms with E-state index in [0.717, 1.165) is 24.1 Å². The smallest absolute Gasteiger partial charge is 0.0511 e. The van der Waals surface area contributed by atoms with Crippen LogP contribution in [0.15, 0.2) is 22.7 Å². The molecule has 1 saturated heterocycles. The molecule has 2 atom stereocenters. The van der Waals surface area contributed by atoms with Gasteiger partial charge in [-0.3, -0.25) is 0 Å². The standard InChI is InChI=1S/C14H22BrN3/c1-10-9-18(7-6-17(10)3)14-5-4-12(11(2)16)8-13(14)15/h4-5,8,10-11H,6-7,9,16H2,1-3H3/t10?,11-/m1/s1. The van der Waals surface area contributed by atoms with E-state index in [1.165, 1.54) is 11.3 Å². The van der Waals surface area contributed by atoms with E-state index in [4.69, 9.17) is 5.73 Å². The average molecular weight is 312 g/mol. The van der Waals surface area contributed by atoms with E-state index < -0.39 is 0 Å². The third kappa shape index (κ3) is 2.87. The third-order valence-corrected chi connectivity index (χ3v) is 4.43. The third-order valence-electron chi connectivity index (χ3n) is 3.80. The Kier molecular flexibility index (Phi) is 4.30. The summed E-state index contributed by atoms with van der Waals surface area (Å²) in [6.07, 6.45) is 0. The van der Waals surface area contributed by atoms with E-state index in [-0.39, 0.29) is 6.04 Å². The zero-order valence-electron chi connectivity index (χ0n) is 11.4. The molecule has 0 radical (unpaired) electrons. The fraction of sp³-hybridized carbons (Fsp3) is 0.571. The summed E-state index contributed by atoms with van der Waals surface area (Å²) >= 11 is 3.68. The molecule has 0 saturated carbocycles. The normalized spacial score (nSPS) is 23.2. The Balaban J connectivity index is 2.19. The van der Waals surface area contributed by atoms with Crippen molar-refractivity contribution >= 4 is 21.6 Å². The lowest BCUT2D eigenvalue weighted by Crippen LogP contribution is -2.50. The van der Waals surface area contributed by atoms with E-state index in [0.29, 0.717) is 6.04 Å². The second-order valence-corrected chi connectivity index (χ2v) is 6.13. The Morgan fingerprint density at radius 2 is 2.11 bits per heavy atom. The Labute approximate surface area is 118 Å². The molecule has 0 aromatic heterocycles. The average Bonchev–Trinajstić information content (AvgIpc) is 2.32. The number of rotatable bonds is 2. The van der Waals surface area contributed by atoms with E-state index >= 15 is 0 Å². The summed E-state index contributed by atoms with van der Waals surface area (Å²) in [5, 5.41) is 0. The molecule has 0 amide bonds. The SMILES string of the molecule is CC1CN(c2ccc([C@@H](C)N)cc2Br)CCN1C. The second-order valence-electron chi connectivity index (χ2n) is 5.28. The molecule has 2 N–H and O–H groups in total. The molecule has 1 aromatic carbocycles. The lowest BCUT2D eigenvalue weighted by molar-refractivity contribution is 0.234. The first-order chi connectivity index (χ1) is 8.49. The van der Waals surface area contributed by atoms with Crippen LogP contribution in [0.4, 0.5) is 5.69 Å². The minimum absolute atomic E-state index is 0.0850. The largest absolute Gasteiger partial charge is 0.368 e. The highest BCUT2D eigenvalue weighted by Crippen LogP contribution is 2.30. The van der Waals surface area contributed by atoms with Crippen molar-refractivity contribution in [1.29, 1.82) is 0 Å². The second kappa shape index (κ2) is 5.59. The summed E-state index contributed by atoms with van der Waals surface area (Å²) in [5.74, 6) is 0. The van der Waals surface area contributed by atoms with E-state index in [1.807, 2.05) is 6.92 Å². The van der Waals surface area contributed by atoms with Gasteiger partial charge in [0.05, 0.1) is 5.69 Å². The lowest BCUT2D eigenvalue weighted by atomic mass is 10.1. The van der Waals surface area contributed by atoms with Crippen molar-refractivity contribution in [3.63, 3.8) is 0 Å². The number of hydrogen-bond acceptors (Lipinski definition) is 3. The highest BCUT2D eigenvalue weighted by atomic mass is 79.9. The van der Waals surface area contributed by atoms with Crippen molar-refractivity contribution in [2.24, 2.45) is 5.73 Å². The van der Waals surface area contributed by atoms with Crippen LogP contribution < -0.4 is 10.6 Å². The summed E-state index contributed by atoms with van der Waals surface area (Å²) in [6.45, 7) is 7.56. The monoisotopic (exact) mass is 311 g/mol. The van der Waals surface area contributed by atoms with Gasteiger partial charge >= 0.3 is 0 Å². The summed E-state index contributed by atoms with van der Waals surface area (Å²) in [7, 11) is 2.19. The van der Waals surface area contributed by atoms with Crippen LogP contribution in [0.1, 0.15) is 25.5 Å². The number of halogens is 1. The molecule has 1 aromatic rings. The number of benzene rings is 1. The number of hydrogen-bond donors (Lipinski definition) is 1. The highest BCUT2D eigenvalue weighted by Gasteiger charge is 2.22. The molecule has 100 valence electrons. The molecule has 1 heterocycles. The predicted octanol–water partition coefficient (Wildman–Crippen LogP) is 2.61. The number of nitrogens with zero attached hydrogens (tertiary/aromatic N) is 2. The van der Waals surface area contributed by atoms with Gasteiger partial charge in [0.15, 0.2) is 0 Å². The van der Waals surface area contributed by atoms with Gasteiger partial charge in [-0.2, -0.15) is 0 Å². The van der Waals surface area contributed by atoms with Gasteiger partial charge in [0.1, 0.15) is 0 Å². The van der Waals surface area contributed by atoms with Crippen molar-refractivity contribution in [1.82, 2.24) is 4.90 Å². The quantitative estimate of drug-likeness (QED) is 0.911. The van der Waals surface area contributed by atoms with Crippen LogP contribution in [0.2, 0.25) is 0 Å². The van der Waals surface area contributed by atoms with E-state index in [2.05, 4.69) is 57.9 Å². The van der Waals surface area contributed by atoms with Crippen LogP contribution in [0.25, 0.3) is 0 Å². The summed E-state index contributed by atoms with van der Waals surface area (Å²) < 4.78 is 1.15. The Bertz CT molecular complexity index is 420. The summed E-state index contributed by atoms with van der Waals surface area (Å²) in [4.78, 5) is 4.85. The van der Waals surface area contributed by atoms with E-state index in [9.17, 15) is 0 Å². The van der Waals surface area contributed by atoms with Crippen LogP contribution in [0.5, 0.6) is 0 Å². The minimum Gasteiger partial charge on any atom is -0.368 e. The van der Waals surface area contributed by atoms with Crippen molar-refractivity contribution < 1.29 is 0 Å². The number of nitrogens with two attached hydrogens (primary N) is 1. The summed E-state index contributed by atoms with van der Waals surface area (Å²) in [6, 6.07) is 7.14. The van der Waals surface area contributed by atoms with Gasteiger partial charge in [-0.25, -0.2) is 0 Å². The lowest BCUT2D eigenvalue weighted by Gasteiger charge is -2.39. The number of piperazine rings is 1. The highest BCUT2D eigenvalue weighted by molar-refractivity contribution is 9.10. The van der Waals surface area contributed by atoms with Crippen molar-refractivity contribution in [2.75, 3.05) is 31.6 Å². The fourth-order valence-electron chi connectivity index (χ4n) is 2.33. The molecule has 2 rings (SSSR count). The molecule has 0 spiro atoms. The Morgan fingerprint density at radius 3 is 2.67 bits per heavy atom. The maximum absolute atomic E-state index is 5.91. The molecule has 18 heavy (non-hydrogen) atoms. The zero-order chi connectivity index (χ0) is 13.3. The first-order valence-corrected chi connectivity index (χ1v) is 7.28. The van der Waals surface area contributed by atoms with Gasteiger partial charge < -0.3 is 15.5 Å². The fourth-order valence-corrected chi connectivity index (χ4v) is 2.98. The van der Waals surface area contributed by atoms with Gasteiger partial charge in [-0.1, -0.05) is 6.07 Å². The van der Waals surface area contributed by atoms with Crippen LogP contribution in [-0.2, 0) is 0 Å². The molecule has 0 aliphatic carbocycles. The minimum atomic E-state index is 0.0850. The number of anilines is 1. The van der Waals surface area contributed by atoms with Gasteiger partial charge in [0.25, 0.3) is 0 Å². The van der Waals surface area contributed by atoms with Crippen LogP contribution in [-0.4, -0.2) is 37.6 Å². The molecule has 4 heteroatoms. The molecular weight excluding hydrogens is 290 g/mol. The van der Waals surface area contributed by atoms with Gasteiger partial charge in [0, 0.05) is 36.2 Å². The van der Waals surface area contributed by atoms with E-state index in [1.54, 1.807) is 0 Å². The molecule has 0 bridgehead atoms. The van der Waals surface area contributed by atoms with Crippen LogP contribution in [0, 0.1) is 0 Å². The Hall–Kier alpha value is -0.580. The molecule has 1 fully saturated rings. The van der Waals surface area contributed by atoms with Crippen LogP contribution >= 0.6 is 15.9 Å². The van der Waals surface area contributed by atoms with Crippen LogP contribution in [0.3, 0.4) is 0 Å². The number of likely N-dealkylation sites (N-methyl/N-ethyl adjacent to an activating group) is 1. The first kappa shape index (κ1) is 13.8. The van der Waals surface area contributed by atoms with Gasteiger partial charge in [0.2, 0.25) is 0 Å². The predicted molar refractivity (Wildman–Crippen MR) is 81.0 cm³/mol. The van der Waals surface area contributed by atoms with Crippen molar-refractivity contribution in [3.05, 3.63) is 28.2 Å². The maximum atomic E-state index is 5.91. The Morgan fingerprint density at radius 1 is 1.39 bits per heavy atom. The van der Waals surface area contributed by atoms with Gasteiger partial charge in [-0.05, 0) is 54.5 Å². The summed E-state index contributed by atoms with van der Waals surface area (Å²) in [5.41, 5.74) is 8.36. The van der Waals surface area contributed by atoms with Crippen molar-refractivity contribution in [2.45, 2.75) is 25.9 Å². The maximum Gasteiger partial charge on any atom is 0.0511 e.